The van der Waals surface area contributed by atoms with Crippen molar-refractivity contribution in [3.05, 3.63) is 29.8 Å². The fourth-order valence-electron chi connectivity index (χ4n) is 5.58. The Labute approximate surface area is 165 Å². The predicted molar refractivity (Wildman–Crippen MR) is 123 cm³/mol. The number of benzene rings is 1. The lowest BCUT2D eigenvalue weighted by atomic mass is 9.93. The van der Waals surface area contributed by atoms with Crippen molar-refractivity contribution in [1.29, 1.82) is 0 Å². The Morgan fingerprint density at radius 1 is 0.846 bits per heavy atom. The van der Waals surface area contributed by atoms with E-state index >= 15 is 0 Å². The van der Waals surface area contributed by atoms with Crippen molar-refractivity contribution in [3.63, 3.8) is 0 Å². The summed E-state index contributed by atoms with van der Waals surface area (Å²) in [5, 5.41) is 1.62. The van der Waals surface area contributed by atoms with Gasteiger partial charge in [-0.2, -0.15) is 0 Å². The third-order valence-corrected chi connectivity index (χ3v) is 15.1. The van der Waals surface area contributed by atoms with Gasteiger partial charge in [0.05, 0.1) is 16.1 Å². The van der Waals surface area contributed by atoms with Gasteiger partial charge in [-0.15, -0.1) is 0 Å². The van der Waals surface area contributed by atoms with Gasteiger partial charge in [-0.25, -0.2) is 0 Å². The number of hydrogen-bond donors (Lipinski definition) is 0. The van der Waals surface area contributed by atoms with Crippen molar-refractivity contribution in [3.8, 4) is 0 Å². The molecule has 0 aromatic heterocycles. The summed E-state index contributed by atoms with van der Waals surface area (Å²) in [5.41, 5.74) is 1.64. The second-order valence-corrected chi connectivity index (χ2v) is 20.7. The number of unbranched alkanes of at least 4 members (excludes halogenated alkanes) is 2. The monoisotopic (exact) mass is 386 g/mol. The minimum atomic E-state index is -1.15. The van der Waals surface area contributed by atoms with Gasteiger partial charge in [-0.05, 0) is 30.2 Å². The van der Waals surface area contributed by atoms with Crippen LogP contribution in [0.5, 0.6) is 0 Å². The molecule has 1 spiro atoms. The molecule has 146 valence electrons. The zero-order valence-corrected chi connectivity index (χ0v) is 19.9. The van der Waals surface area contributed by atoms with Gasteiger partial charge in [0.15, 0.2) is 0 Å². The minimum Gasteiger partial charge on any atom is -0.0656 e. The Kier molecular flexibility index (Phi) is 6.88. The van der Waals surface area contributed by atoms with Crippen molar-refractivity contribution >= 4 is 21.3 Å². The van der Waals surface area contributed by atoms with E-state index in [9.17, 15) is 0 Å². The van der Waals surface area contributed by atoms with Crippen molar-refractivity contribution in [1.82, 2.24) is 0 Å². The predicted octanol–water partition coefficient (Wildman–Crippen LogP) is 7.55. The van der Waals surface area contributed by atoms with Crippen LogP contribution in [0.4, 0.5) is 0 Å². The summed E-state index contributed by atoms with van der Waals surface area (Å²) in [4.78, 5) is 0. The zero-order valence-electron chi connectivity index (χ0n) is 17.9. The van der Waals surface area contributed by atoms with Gasteiger partial charge < -0.3 is 0 Å². The lowest BCUT2D eigenvalue weighted by Gasteiger charge is -2.43. The molecule has 0 unspecified atom stereocenters. The smallest absolute Gasteiger partial charge is 0.0656 e. The van der Waals surface area contributed by atoms with E-state index < -0.39 is 16.1 Å². The third kappa shape index (κ3) is 5.13. The Morgan fingerprint density at radius 2 is 1.42 bits per heavy atom. The second-order valence-electron chi connectivity index (χ2n) is 10.6. The summed E-state index contributed by atoms with van der Waals surface area (Å²) >= 11 is 0. The quantitative estimate of drug-likeness (QED) is 0.350. The molecule has 1 aromatic rings. The first kappa shape index (κ1) is 20.4. The summed E-state index contributed by atoms with van der Waals surface area (Å²) in [6.45, 7) is 9.70. The molecule has 2 aliphatic heterocycles. The van der Waals surface area contributed by atoms with Crippen LogP contribution in [0.15, 0.2) is 24.3 Å². The van der Waals surface area contributed by atoms with E-state index in [0.717, 1.165) is 11.8 Å². The van der Waals surface area contributed by atoms with E-state index in [0.29, 0.717) is 0 Å². The van der Waals surface area contributed by atoms with Crippen LogP contribution >= 0.6 is 0 Å². The molecule has 26 heavy (non-hydrogen) atoms. The first-order valence-corrected chi connectivity index (χ1v) is 17.9. The molecule has 0 nitrogen and oxygen atoms in total. The molecule has 2 fully saturated rings. The van der Waals surface area contributed by atoms with Crippen molar-refractivity contribution in [2.45, 2.75) is 108 Å². The van der Waals surface area contributed by atoms with Crippen LogP contribution in [0.3, 0.4) is 0 Å². The Balaban J connectivity index is 1.49. The fourth-order valence-corrected chi connectivity index (χ4v) is 12.2. The van der Waals surface area contributed by atoms with Gasteiger partial charge in [-0.3, -0.25) is 0 Å². The molecular weight excluding hydrogens is 344 g/mol. The first-order chi connectivity index (χ1) is 12.4. The third-order valence-electron chi connectivity index (χ3n) is 7.68. The summed E-state index contributed by atoms with van der Waals surface area (Å²) in [6, 6.07) is 16.5. The van der Waals surface area contributed by atoms with Crippen LogP contribution < -0.4 is 5.19 Å². The Morgan fingerprint density at radius 3 is 1.96 bits per heavy atom. The van der Waals surface area contributed by atoms with E-state index in [2.05, 4.69) is 50.8 Å². The maximum atomic E-state index is 2.47. The van der Waals surface area contributed by atoms with Gasteiger partial charge in [-0.1, -0.05) is 119 Å². The zero-order chi connectivity index (χ0) is 18.6. The largest absolute Gasteiger partial charge is 0.0775 e. The van der Waals surface area contributed by atoms with E-state index in [-0.39, 0.29) is 0 Å². The van der Waals surface area contributed by atoms with Gasteiger partial charge in [0.1, 0.15) is 0 Å². The summed E-state index contributed by atoms with van der Waals surface area (Å²) in [7, 11) is -2.02. The lowest BCUT2D eigenvalue weighted by molar-refractivity contribution is 0.407. The van der Waals surface area contributed by atoms with E-state index in [1.807, 2.05) is 0 Å². The summed E-state index contributed by atoms with van der Waals surface area (Å²) in [6.07, 6.45) is 12.0. The first-order valence-electron chi connectivity index (χ1n) is 11.5. The summed E-state index contributed by atoms with van der Waals surface area (Å²) < 4.78 is 0. The van der Waals surface area contributed by atoms with Gasteiger partial charge in [0.2, 0.25) is 0 Å². The molecule has 2 saturated heterocycles. The van der Waals surface area contributed by atoms with Crippen LogP contribution in [0, 0.1) is 5.92 Å². The normalized spacial score (nSPS) is 29.8. The molecule has 1 aromatic carbocycles. The van der Waals surface area contributed by atoms with Crippen LogP contribution in [0.1, 0.15) is 69.8 Å². The van der Waals surface area contributed by atoms with Crippen LogP contribution in [0.2, 0.25) is 43.8 Å². The van der Waals surface area contributed by atoms with Crippen LogP contribution in [-0.4, -0.2) is 16.1 Å². The minimum absolute atomic E-state index is 0.867. The molecule has 0 saturated carbocycles. The molecule has 3 rings (SSSR count). The van der Waals surface area contributed by atoms with Gasteiger partial charge >= 0.3 is 0 Å². The topological polar surface area (TPSA) is 0 Å². The molecule has 2 aliphatic rings. The van der Waals surface area contributed by atoms with Crippen LogP contribution in [0.25, 0.3) is 0 Å². The molecule has 0 aliphatic carbocycles. The molecule has 2 heteroatoms. The Hall–Kier alpha value is -0.346. The highest BCUT2D eigenvalue weighted by atomic mass is 28.3. The molecule has 0 amide bonds. The summed E-state index contributed by atoms with van der Waals surface area (Å²) in [5.74, 6) is 1.96. The molecule has 0 bridgehead atoms. The molecule has 0 radical (unpaired) electrons. The van der Waals surface area contributed by atoms with Crippen molar-refractivity contribution in [2.24, 2.45) is 5.92 Å². The Bertz CT molecular complexity index is 537. The average molecular weight is 387 g/mol. The van der Waals surface area contributed by atoms with Gasteiger partial charge in [0, 0.05) is 0 Å². The van der Waals surface area contributed by atoms with E-state index in [1.165, 1.54) is 38.5 Å². The SMILES string of the molecule is CCCCCC1CC[Si]2(CC1)CCC(c1ccc([Si](C)(C)C)cc1)CC2. The fraction of sp³-hybridized carbons (Fsp3) is 0.750. The van der Waals surface area contributed by atoms with Crippen molar-refractivity contribution in [2.75, 3.05) is 0 Å². The molecule has 0 atom stereocenters. The standard InChI is InChI=1S/C24H42Si2/c1-5-6-7-8-21-13-17-26(18-14-21)19-15-23(16-20-26)22-9-11-24(12-10-22)25(2,3)4/h9-12,21,23H,5-8,13-20H2,1-4H3. The van der Waals surface area contributed by atoms with E-state index in [1.54, 1.807) is 47.8 Å². The highest BCUT2D eigenvalue weighted by Gasteiger charge is 2.40. The second kappa shape index (κ2) is 8.77. The van der Waals surface area contributed by atoms with E-state index in [4.69, 9.17) is 0 Å². The van der Waals surface area contributed by atoms with Crippen LogP contribution in [-0.2, 0) is 0 Å². The lowest BCUT2D eigenvalue weighted by Crippen LogP contribution is -2.41. The molecule has 2 heterocycles. The maximum absolute atomic E-state index is 2.47. The highest BCUT2D eigenvalue weighted by Crippen LogP contribution is 2.47. The van der Waals surface area contributed by atoms with Crippen molar-refractivity contribution < 1.29 is 0 Å². The van der Waals surface area contributed by atoms with Gasteiger partial charge in [0.25, 0.3) is 0 Å². The number of hydrogen-bond acceptors (Lipinski definition) is 0. The number of rotatable bonds is 6. The average Bonchev–Trinajstić information content (AvgIpc) is 2.64. The molecular formula is C24H42Si2. The molecule has 0 N–H and O–H groups in total. The maximum Gasteiger partial charge on any atom is 0.0775 e. The highest BCUT2D eigenvalue weighted by molar-refractivity contribution is 6.88.